The van der Waals surface area contributed by atoms with Gasteiger partial charge in [0.05, 0.1) is 0 Å². The standard InChI is InChI=1S/C4H6S.Ni/c1-2-4-5-3-1;/h1,3H,2,4H2;. The van der Waals surface area contributed by atoms with Crippen LogP contribution in [0.1, 0.15) is 6.42 Å². The molecule has 0 bridgehead atoms. The van der Waals surface area contributed by atoms with Crippen LogP contribution in [0.5, 0.6) is 0 Å². The molecule has 0 aromatic heterocycles. The largest absolute Gasteiger partial charge is 0.134 e. The van der Waals surface area contributed by atoms with E-state index >= 15 is 0 Å². The van der Waals surface area contributed by atoms with Crippen LogP contribution in [0, 0.1) is 0 Å². The van der Waals surface area contributed by atoms with Gasteiger partial charge in [0, 0.05) is 22.2 Å². The summed E-state index contributed by atoms with van der Waals surface area (Å²) in [5, 5.41) is 2.15. The molecule has 1 rings (SSSR count). The van der Waals surface area contributed by atoms with Crippen molar-refractivity contribution in [2.75, 3.05) is 5.75 Å². The molecule has 0 N–H and O–H groups in total. The van der Waals surface area contributed by atoms with Crippen molar-refractivity contribution in [3.8, 4) is 0 Å². The number of hydrogen-bond donors (Lipinski definition) is 0. The fraction of sp³-hybridized carbons (Fsp3) is 0.500. The maximum absolute atomic E-state index is 2.20. The second-order valence-electron chi connectivity index (χ2n) is 1.03. The zero-order valence-electron chi connectivity index (χ0n) is 3.29. The van der Waals surface area contributed by atoms with Crippen molar-refractivity contribution in [1.82, 2.24) is 0 Å². The molecule has 1 heterocycles. The smallest absolute Gasteiger partial charge is 0.000884 e. The Hall–Kier alpha value is 0.584. The number of hydrogen-bond acceptors (Lipinski definition) is 1. The van der Waals surface area contributed by atoms with Crippen molar-refractivity contribution in [3.05, 3.63) is 11.5 Å². The van der Waals surface area contributed by atoms with Gasteiger partial charge in [0.2, 0.25) is 0 Å². The van der Waals surface area contributed by atoms with E-state index in [9.17, 15) is 0 Å². The van der Waals surface area contributed by atoms with E-state index in [1.165, 1.54) is 12.2 Å². The molecular formula is C4H6NiS. The van der Waals surface area contributed by atoms with Crippen LogP contribution in [0.3, 0.4) is 0 Å². The van der Waals surface area contributed by atoms with Crippen LogP contribution < -0.4 is 0 Å². The molecular weight excluding hydrogens is 139 g/mol. The van der Waals surface area contributed by atoms with Gasteiger partial charge in [-0.25, -0.2) is 0 Å². The van der Waals surface area contributed by atoms with E-state index in [1.807, 2.05) is 11.8 Å². The van der Waals surface area contributed by atoms with Gasteiger partial charge >= 0.3 is 0 Å². The Morgan fingerprint density at radius 1 is 1.50 bits per heavy atom. The fourth-order valence-corrected chi connectivity index (χ4v) is 1.02. The molecule has 0 unspecified atom stereocenters. The number of allylic oxidation sites excluding steroid dienone is 1. The summed E-state index contributed by atoms with van der Waals surface area (Å²) in [4.78, 5) is 0. The van der Waals surface area contributed by atoms with Gasteiger partial charge in [-0.2, -0.15) is 0 Å². The van der Waals surface area contributed by atoms with E-state index < -0.39 is 0 Å². The summed E-state index contributed by atoms with van der Waals surface area (Å²) in [7, 11) is 0. The summed E-state index contributed by atoms with van der Waals surface area (Å²) in [5.74, 6) is 1.31. The minimum atomic E-state index is 0. The first-order chi connectivity index (χ1) is 2.50. The van der Waals surface area contributed by atoms with Crippen molar-refractivity contribution in [3.63, 3.8) is 0 Å². The van der Waals surface area contributed by atoms with Crippen LogP contribution >= 0.6 is 11.8 Å². The van der Waals surface area contributed by atoms with Crippen LogP contribution in [0.25, 0.3) is 0 Å². The predicted molar refractivity (Wildman–Crippen MR) is 26.2 cm³/mol. The summed E-state index contributed by atoms with van der Waals surface area (Å²) in [6.45, 7) is 0. The molecule has 2 heteroatoms. The van der Waals surface area contributed by atoms with Crippen LogP contribution in [0.2, 0.25) is 0 Å². The minimum Gasteiger partial charge on any atom is -0.134 e. The van der Waals surface area contributed by atoms with Crippen molar-refractivity contribution in [2.24, 2.45) is 0 Å². The SMILES string of the molecule is C1=CSCC1.[Ni]. The van der Waals surface area contributed by atoms with E-state index in [0.29, 0.717) is 0 Å². The van der Waals surface area contributed by atoms with E-state index in [2.05, 4.69) is 11.5 Å². The zero-order chi connectivity index (χ0) is 3.54. The quantitative estimate of drug-likeness (QED) is 0.466. The Balaban J connectivity index is 0.000000250. The molecule has 1 aliphatic rings. The molecule has 1 aliphatic heterocycles. The molecule has 0 aromatic rings. The Kier molecular flexibility index (Phi) is 4.13. The molecule has 0 spiro atoms. The van der Waals surface area contributed by atoms with Gasteiger partial charge in [-0.3, -0.25) is 0 Å². The number of thioether (sulfide) groups is 1. The van der Waals surface area contributed by atoms with E-state index in [4.69, 9.17) is 0 Å². The molecule has 0 saturated carbocycles. The average molecular weight is 145 g/mol. The molecule has 6 heavy (non-hydrogen) atoms. The average Bonchev–Trinajstić information content (AvgIpc) is 1.76. The monoisotopic (exact) mass is 144 g/mol. The summed E-state index contributed by atoms with van der Waals surface area (Å²) in [6, 6.07) is 0. The summed E-state index contributed by atoms with van der Waals surface area (Å²) >= 11 is 1.89. The van der Waals surface area contributed by atoms with Crippen molar-refractivity contribution >= 4 is 11.8 Å². The second kappa shape index (κ2) is 3.76. The third-order valence-electron chi connectivity index (χ3n) is 0.595. The van der Waals surface area contributed by atoms with E-state index in [-0.39, 0.29) is 16.5 Å². The molecule has 38 valence electrons. The van der Waals surface area contributed by atoms with E-state index in [0.717, 1.165) is 0 Å². The maximum Gasteiger partial charge on any atom is 0.000884 e. The topological polar surface area (TPSA) is 0 Å². The van der Waals surface area contributed by atoms with Crippen LogP contribution in [-0.4, -0.2) is 5.75 Å². The van der Waals surface area contributed by atoms with Gasteiger partial charge in [0.1, 0.15) is 0 Å². The first-order valence-corrected chi connectivity index (χ1v) is 2.81. The summed E-state index contributed by atoms with van der Waals surface area (Å²) < 4.78 is 0. The predicted octanol–water partition coefficient (Wildman–Crippen LogP) is 1.63. The molecule has 0 saturated heterocycles. The van der Waals surface area contributed by atoms with Crippen molar-refractivity contribution in [1.29, 1.82) is 0 Å². The van der Waals surface area contributed by atoms with Crippen LogP contribution in [0.4, 0.5) is 0 Å². The second-order valence-corrected chi connectivity index (χ2v) is 2.04. The minimum absolute atomic E-state index is 0. The first-order valence-electron chi connectivity index (χ1n) is 1.77. The Bertz CT molecular complexity index is 45.5. The first kappa shape index (κ1) is 6.58. The molecule has 0 amide bonds. The van der Waals surface area contributed by atoms with Crippen LogP contribution in [-0.2, 0) is 16.5 Å². The van der Waals surface area contributed by atoms with Gasteiger partial charge in [-0.15, -0.1) is 11.8 Å². The molecule has 0 radical (unpaired) electrons. The molecule has 0 nitrogen and oxygen atoms in total. The molecule has 0 aliphatic carbocycles. The Labute approximate surface area is 52.3 Å². The third kappa shape index (κ3) is 1.89. The zero-order valence-corrected chi connectivity index (χ0v) is 5.10. The molecule has 0 aromatic carbocycles. The van der Waals surface area contributed by atoms with E-state index in [1.54, 1.807) is 0 Å². The number of rotatable bonds is 0. The molecule has 0 atom stereocenters. The van der Waals surface area contributed by atoms with Gasteiger partial charge < -0.3 is 0 Å². The van der Waals surface area contributed by atoms with Crippen LogP contribution in [0.15, 0.2) is 11.5 Å². The Morgan fingerprint density at radius 2 is 2.33 bits per heavy atom. The van der Waals surface area contributed by atoms with Crippen molar-refractivity contribution in [2.45, 2.75) is 6.42 Å². The fourth-order valence-electron chi connectivity index (χ4n) is 0.340. The van der Waals surface area contributed by atoms with Gasteiger partial charge in [0.15, 0.2) is 0 Å². The third-order valence-corrected chi connectivity index (χ3v) is 1.45. The Morgan fingerprint density at radius 3 is 2.50 bits per heavy atom. The van der Waals surface area contributed by atoms with Gasteiger partial charge in [-0.1, -0.05) is 6.08 Å². The van der Waals surface area contributed by atoms with Crippen molar-refractivity contribution < 1.29 is 16.5 Å². The summed E-state index contributed by atoms with van der Waals surface area (Å²) in [6.07, 6.45) is 3.48. The maximum atomic E-state index is 2.20. The van der Waals surface area contributed by atoms with Gasteiger partial charge in [0.25, 0.3) is 0 Å². The van der Waals surface area contributed by atoms with Gasteiger partial charge in [-0.05, 0) is 11.8 Å². The molecule has 0 fully saturated rings. The summed E-state index contributed by atoms with van der Waals surface area (Å²) in [5.41, 5.74) is 0. The normalized spacial score (nSPS) is 17.3.